The lowest BCUT2D eigenvalue weighted by Crippen LogP contribution is -2.45. The number of piperazine rings is 1. The predicted molar refractivity (Wildman–Crippen MR) is 97.0 cm³/mol. The summed E-state index contributed by atoms with van der Waals surface area (Å²) in [5.41, 5.74) is 3.63. The average Bonchev–Trinajstić information content (AvgIpc) is 3.06. The van der Waals surface area contributed by atoms with Gasteiger partial charge in [-0.15, -0.1) is 0 Å². The number of pyridine rings is 1. The second kappa shape index (κ2) is 6.57. The quantitative estimate of drug-likeness (QED) is 0.766. The summed E-state index contributed by atoms with van der Waals surface area (Å²) >= 11 is 0. The predicted octanol–water partition coefficient (Wildman–Crippen LogP) is 2.58. The van der Waals surface area contributed by atoms with Gasteiger partial charge in [-0.1, -0.05) is 0 Å². The van der Waals surface area contributed by atoms with Gasteiger partial charge in [-0.2, -0.15) is 0 Å². The number of nitrogens with zero attached hydrogens (tertiary/aromatic N) is 3. The number of carboxylic acids is 1. The van der Waals surface area contributed by atoms with E-state index in [1.54, 1.807) is 18.3 Å². The highest BCUT2D eigenvalue weighted by atomic mass is 16.4. The molecule has 2 N–H and O–H groups in total. The Labute approximate surface area is 145 Å². The molecular weight excluding hydrogens is 316 g/mol. The zero-order valence-corrected chi connectivity index (χ0v) is 13.9. The number of carbonyl (C=O) groups is 1. The topological polar surface area (TPSA) is 72.5 Å². The van der Waals surface area contributed by atoms with Crippen LogP contribution < -0.4 is 4.90 Å². The van der Waals surface area contributed by atoms with Gasteiger partial charge < -0.3 is 15.0 Å². The third-order valence-corrected chi connectivity index (χ3v) is 4.78. The van der Waals surface area contributed by atoms with E-state index in [0.717, 1.165) is 44.1 Å². The van der Waals surface area contributed by atoms with Crippen LogP contribution in [0.2, 0.25) is 0 Å². The monoisotopic (exact) mass is 336 g/mol. The van der Waals surface area contributed by atoms with E-state index in [-0.39, 0.29) is 0 Å². The second-order valence-electron chi connectivity index (χ2n) is 6.33. The van der Waals surface area contributed by atoms with Crippen LogP contribution in [-0.2, 0) is 6.54 Å². The summed E-state index contributed by atoms with van der Waals surface area (Å²) in [4.78, 5) is 23.3. The first-order valence-corrected chi connectivity index (χ1v) is 8.42. The molecule has 0 amide bonds. The zero-order chi connectivity index (χ0) is 17.2. The van der Waals surface area contributed by atoms with Gasteiger partial charge in [0.15, 0.2) is 0 Å². The number of rotatable bonds is 4. The minimum absolute atomic E-state index is 0.329. The summed E-state index contributed by atoms with van der Waals surface area (Å²) in [5, 5.41) is 10.2. The fourth-order valence-corrected chi connectivity index (χ4v) is 3.36. The first-order chi connectivity index (χ1) is 12.2. The molecule has 0 aliphatic carbocycles. The highest BCUT2D eigenvalue weighted by Crippen LogP contribution is 2.21. The minimum atomic E-state index is -0.885. The lowest BCUT2D eigenvalue weighted by atomic mass is 10.1. The lowest BCUT2D eigenvalue weighted by molar-refractivity contribution is 0.0697. The van der Waals surface area contributed by atoms with Crippen molar-refractivity contribution in [1.29, 1.82) is 0 Å². The molecule has 0 unspecified atom stereocenters. The van der Waals surface area contributed by atoms with Crippen LogP contribution in [0.4, 0.5) is 5.69 Å². The number of aromatic nitrogens is 2. The van der Waals surface area contributed by atoms with E-state index >= 15 is 0 Å². The van der Waals surface area contributed by atoms with E-state index in [4.69, 9.17) is 5.11 Å². The standard InChI is InChI=1S/C19H20N4O2/c24-19(25)14-3-5-16(6-4-14)23-10-8-22(9-11-23)13-15-12-21-18-17(15)2-1-7-20-18/h1-7,12H,8-11,13H2,(H,20,21)(H,24,25). The Morgan fingerprint density at radius 3 is 2.60 bits per heavy atom. The summed E-state index contributed by atoms with van der Waals surface area (Å²) in [5.74, 6) is -0.885. The molecule has 1 aliphatic heterocycles. The molecule has 1 aliphatic rings. The maximum atomic E-state index is 10.9. The summed E-state index contributed by atoms with van der Waals surface area (Å²) in [7, 11) is 0. The fraction of sp³-hybridized carbons (Fsp3) is 0.263. The SMILES string of the molecule is O=C(O)c1ccc(N2CCN(Cc3c[nH]c4ncccc34)CC2)cc1. The third-order valence-electron chi connectivity index (χ3n) is 4.78. The van der Waals surface area contributed by atoms with Crippen LogP contribution >= 0.6 is 0 Å². The first-order valence-electron chi connectivity index (χ1n) is 8.42. The number of hydrogen-bond acceptors (Lipinski definition) is 4. The molecule has 3 aromatic rings. The number of hydrogen-bond donors (Lipinski definition) is 2. The van der Waals surface area contributed by atoms with Gasteiger partial charge in [-0.05, 0) is 42.0 Å². The van der Waals surface area contributed by atoms with Crippen molar-refractivity contribution in [2.24, 2.45) is 0 Å². The summed E-state index contributed by atoms with van der Waals surface area (Å²) in [6, 6.07) is 11.2. The Balaban J connectivity index is 1.39. The maximum absolute atomic E-state index is 10.9. The van der Waals surface area contributed by atoms with Crippen LogP contribution in [0.25, 0.3) is 11.0 Å². The minimum Gasteiger partial charge on any atom is -0.478 e. The van der Waals surface area contributed by atoms with Crippen LogP contribution in [0.5, 0.6) is 0 Å². The molecular formula is C19H20N4O2. The van der Waals surface area contributed by atoms with Crippen molar-refractivity contribution >= 4 is 22.7 Å². The Hall–Kier alpha value is -2.86. The molecule has 3 heterocycles. The van der Waals surface area contributed by atoms with Crippen molar-refractivity contribution in [3.8, 4) is 0 Å². The van der Waals surface area contributed by atoms with Crippen molar-refractivity contribution in [2.75, 3.05) is 31.1 Å². The van der Waals surface area contributed by atoms with Crippen molar-refractivity contribution in [1.82, 2.24) is 14.9 Å². The van der Waals surface area contributed by atoms with Gasteiger partial charge in [0.25, 0.3) is 0 Å². The summed E-state index contributed by atoms with van der Waals surface area (Å²) < 4.78 is 0. The summed E-state index contributed by atoms with van der Waals surface area (Å²) in [6.45, 7) is 4.75. The third kappa shape index (κ3) is 3.21. The largest absolute Gasteiger partial charge is 0.478 e. The molecule has 0 atom stereocenters. The van der Waals surface area contributed by atoms with Crippen LogP contribution in [0.15, 0.2) is 48.8 Å². The molecule has 4 rings (SSSR count). The van der Waals surface area contributed by atoms with E-state index in [0.29, 0.717) is 5.56 Å². The molecule has 25 heavy (non-hydrogen) atoms. The molecule has 0 radical (unpaired) electrons. The molecule has 1 fully saturated rings. The van der Waals surface area contributed by atoms with Crippen molar-refractivity contribution in [3.63, 3.8) is 0 Å². The van der Waals surface area contributed by atoms with Gasteiger partial charge in [0, 0.05) is 56.2 Å². The smallest absolute Gasteiger partial charge is 0.335 e. The molecule has 6 heteroatoms. The number of fused-ring (bicyclic) bond motifs is 1. The number of carboxylic acid groups (broad SMARTS) is 1. The van der Waals surface area contributed by atoms with Gasteiger partial charge >= 0.3 is 5.97 Å². The second-order valence-corrected chi connectivity index (χ2v) is 6.33. The van der Waals surface area contributed by atoms with E-state index in [1.165, 1.54) is 10.9 Å². The van der Waals surface area contributed by atoms with E-state index in [2.05, 4.69) is 32.0 Å². The lowest BCUT2D eigenvalue weighted by Gasteiger charge is -2.36. The number of H-pyrrole nitrogens is 1. The van der Waals surface area contributed by atoms with Gasteiger partial charge in [-0.25, -0.2) is 9.78 Å². The maximum Gasteiger partial charge on any atom is 0.335 e. The first kappa shape index (κ1) is 15.7. The van der Waals surface area contributed by atoms with Gasteiger partial charge in [0.1, 0.15) is 5.65 Å². The Bertz CT molecular complexity index is 880. The average molecular weight is 336 g/mol. The van der Waals surface area contributed by atoms with E-state index < -0.39 is 5.97 Å². The Kier molecular flexibility index (Phi) is 4.11. The van der Waals surface area contributed by atoms with E-state index in [9.17, 15) is 4.79 Å². The molecule has 2 aromatic heterocycles. The Morgan fingerprint density at radius 1 is 1.12 bits per heavy atom. The van der Waals surface area contributed by atoms with Crippen molar-refractivity contribution in [3.05, 3.63) is 59.9 Å². The van der Waals surface area contributed by atoms with Gasteiger partial charge in [0.2, 0.25) is 0 Å². The van der Waals surface area contributed by atoms with E-state index in [1.807, 2.05) is 18.2 Å². The highest BCUT2D eigenvalue weighted by molar-refractivity contribution is 5.88. The molecule has 0 saturated carbocycles. The number of benzene rings is 1. The van der Waals surface area contributed by atoms with Crippen LogP contribution in [-0.4, -0.2) is 52.1 Å². The number of aromatic amines is 1. The van der Waals surface area contributed by atoms with Crippen LogP contribution in [0.1, 0.15) is 15.9 Å². The Morgan fingerprint density at radius 2 is 1.88 bits per heavy atom. The molecule has 1 saturated heterocycles. The van der Waals surface area contributed by atoms with Crippen molar-refractivity contribution in [2.45, 2.75) is 6.54 Å². The molecule has 1 aromatic carbocycles. The fourth-order valence-electron chi connectivity index (χ4n) is 3.36. The molecule has 6 nitrogen and oxygen atoms in total. The summed E-state index contributed by atoms with van der Waals surface area (Å²) in [6.07, 6.45) is 3.85. The molecule has 0 spiro atoms. The molecule has 0 bridgehead atoms. The molecule has 128 valence electrons. The van der Waals surface area contributed by atoms with Crippen molar-refractivity contribution < 1.29 is 9.90 Å². The highest BCUT2D eigenvalue weighted by Gasteiger charge is 2.18. The number of nitrogens with one attached hydrogen (secondary N) is 1. The van der Waals surface area contributed by atoms with Gasteiger partial charge in [-0.3, -0.25) is 4.90 Å². The van der Waals surface area contributed by atoms with Crippen LogP contribution in [0, 0.1) is 0 Å². The normalized spacial score (nSPS) is 15.6. The number of aromatic carboxylic acids is 1. The van der Waals surface area contributed by atoms with Gasteiger partial charge in [0.05, 0.1) is 5.56 Å². The number of anilines is 1. The zero-order valence-electron chi connectivity index (χ0n) is 13.9. The van der Waals surface area contributed by atoms with Crippen LogP contribution in [0.3, 0.4) is 0 Å².